The van der Waals surface area contributed by atoms with Crippen molar-refractivity contribution in [2.45, 2.75) is 31.3 Å². The molecule has 7 heteroatoms. The van der Waals surface area contributed by atoms with Gasteiger partial charge in [-0.1, -0.05) is 12.1 Å². The molecule has 0 aliphatic heterocycles. The Balaban J connectivity index is 1.84. The van der Waals surface area contributed by atoms with Crippen LogP contribution in [0.1, 0.15) is 29.7 Å². The normalized spacial score (nSPS) is 13.0. The highest BCUT2D eigenvalue weighted by molar-refractivity contribution is 7.90. The molecule has 6 nitrogen and oxygen atoms in total. The van der Waals surface area contributed by atoms with E-state index in [4.69, 9.17) is 4.42 Å². The Labute approximate surface area is 157 Å². The summed E-state index contributed by atoms with van der Waals surface area (Å²) in [5.41, 5.74) is 2.13. The van der Waals surface area contributed by atoms with Gasteiger partial charge in [-0.3, -0.25) is 0 Å². The molecule has 0 fully saturated rings. The second-order valence-corrected chi connectivity index (χ2v) is 8.64. The number of hydrogen-bond donors (Lipinski definition) is 2. The van der Waals surface area contributed by atoms with Gasteiger partial charge in [-0.05, 0) is 49.2 Å². The molecule has 0 spiro atoms. The molecule has 0 radical (unpaired) electrons. The van der Waals surface area contributed by atoms with E-state index in [2.05, 4.69) is 5.32 Å². The number of aryl methyl sites for hydroxylation is 1. The van der Waals surface area contributed by atoms with E-state index in [0.717, 1.165) is 16.5 Å². The minimum Gasteiger partial charge on any atom is -0.508 e. The van der Waals surface area contributed by atoms with Crippen molar-refractivity contribution in [3.05, 3.63) is 69.6 Å². The molecule has 0 amide bonds. The van der Waals surface area contributed by atoms with E-state index < -0.39 is 15.5 Å². The number of phenols is 1. The van der Waals surface area contributed by atoms with E-state index in [9.17, 15) is 18.3 Å². The number of aromatic hydroxyl groups is 1. The average molecular weight is 387 g/mol. The summed E-state index contributed by atoms with van der Waals surface area (Å²) in [5, 5.41) is 13.9. The minimum atomic E-state index is -3.22. The van der Waals surface area contributed by atoms with Crippen LogP contribution in [0.2, 0.25) is 0 Å². The third-order valence-corrected chi connectivity index (χ3v) is 5.75. The average Bonchev–Trinajstić information content (AvgIpc) is 2.62. The molecule has 27 heavy (non-hydrogen) atoms. The van der Waals surface area contributed by atoms with Gasteiger partial charge < -0.3 is 14.8 Å². The highest BCUT2D eigenvalue weighted by atomic mass is 32.2. The first-order valence-electron chi connectivity index (χ1n) is 8.45. The molecule has 0 saturated heterocycles. The van der Waals surface area contributed by atoms with Gasteiger partial charge in [-0.25, -0.2) is 13.2 Å². The van der Waals surface area contributed by atoms with Crippen LogP contribution >= 0.6 is 0 Å². The van der Waals surface area contributed by atoms with E-state index in [0.29, 0.717) is 17.7 Å². The van der Waals surface area contributed by atoms with Crippen molar-refractivity contribution in [1.29, 1.82) is 0 Å². The van der Waals surface area contributed by atoms with Gasteiger partial charge in [-0.2, -0.15) is 0 Å². The lowest BCUT2D eigenvalue weighted by atomic mass is 10.0. The Morgan fingerprint density at radius 2 is 1.81 bits per heavy atom. The molecule has 142 valence electrons. The molecule has 0 aliphatic rings. The molecule has 1 atom stereocenters. The van der Waals surface area contributed by atoms with Crippen molar-refractivity contribution in [2.24, 2.45) is 0 Å². The van der Waals surface area contributed by atoms with Gasteiger partial charge in [0.25, 0.3) is 0 Å². The number of sulfone groups is 1. The molecule has 3 aromatic rings. The van der Waals surface area contributed by atoms with E-state index in [1.54, 1.807) is 43.3 Å². The standard InChI is InChI=1S/C20H21NO5S/c1-12-18(22)9-8-17-15(10-19(23)26-20(12)17)11-21-13(2)14-4-6-16(7-5-14)27(3,24)25/h4-10,13,21-22H,11H2,1-3H3/t13-/m0/s1. The van der Waals surface area contributed by atoms with Gasteiger partial charge in [0.05, 0.1) is 4.90 Å². The van der Waals surface area contributed by atoms with Crippen molar-refractivity contribution in [3.63, 3.8) is 0 Å². The maximum atomic E-state index is 11.9. The van der Waals surface area contributed by atoms with Crippen molar-refractivity contribution >= 4 is 20.8 Å². The van der Waals surface area contributed by atoms with Gasteiger partial charge >= 0.3 is 5.63 Å². The van der Waals surface area contributed by atoms with Crippen molar-refractivity contribution in [3.8, 4) is 5.75 Å². The summed E-state index contributed by atoms with van der Waals surface area (Å²) >= 11 is 0. The number of nitrogens with one attached hydrogen (secondary N) is 1. The molecule has 1 aromatic heterocycles. The molecule has 0 unspecified atom stereocenters. The first-order valence-corrected chi connectivity index (χ1v) is 10.3. The maximum absolute atomic E-state index is 11.9. The van der Waals surface area contributed by atoms with Crippen LogP contribution < -0.4 is 10.9 Å². The van der Waals surface area contributed by atoms with E-state index in [1.807, 2.05) is 6.92 Å². The number of benzene rings is 2. The van der Waals surface area contributed by atoms with Crippen LogP contribution in [0.4, 0.5) is 0 Å². The fourth-order valence-corrected chi connectivity index (χ4v) is 3.58. The van der Waals surface area contributed by atoms with Crippen molar-refractivity contribution < 1.29 is 17.9 Å². The van der Waals surface area contributed by atoms with E-state index >= 15 is 0 Å². The zero-order valence-electron chi connectivity index (χ0n) is 15.3. The van der Waals surface area contributed by atoms with Crippen LogP contribution in [0.5, 0.6) is 5.75 Å². The number of phenolic OH excluding ortho intramolecular Hbond substituents is 1. The minimum absolute atomic E-state index is 0.0564. The second-order valence-electron chi connectivity index (χ2n) is 6.62. The molecule has 0 bridgehead atoms. The Kier molecular flexibility index (Phi) is 5.08. The molecule has 0 aliphatic carbocycles. The molecule has 0 saturated carbocycles. The van der Waals surface area contributed by atoms with E-state index in [-0.39, 0.29) is 16.7 Å². The van der Waals surface area contributed by atoms with Crippen molar-refractivity contribution in [1.82, 2.24) is 5.32 Å². The van der Waals surface area contributed by atoms with Crippen LogP contribution in [0.25, 0.3) is 11.0 Å². The summed E-state index contributed by atoms with van der Waals surface area (Å²) in [4.78, 5) is 12.2. The molecular weight excluding hydrogens is 366 g/mol. The Hall–Kier alpha value is -2.64. The summed E-state index contributed by atoms with van der Waals surface area (Å²) < 4.78 is 28.4. The zero-order chi connectivity index (χ0) is 19.8. The number of fused-ring (bicyclic) bond motifs is 1. The lowest BCUT2D eigenvalue weighted by Gasteiger charge is -2.16. The lowest BCUT2D eigenvalue weighted by Crippen LogP contribution is -2.19. The van der Waals surface area contributed by atoms with Crippen LogP contribution in [0.3, 0.4) is 0 Å². The highest BCUT2D eigenvalue weighted by Gasteiger charge is 2.13. The van der Waals surface area contributed by atoms with Crippen LogP contribution in [0.15, 0.2) is 56.6 Å². The quantitative estimate of drug-likeness (QED) is 0.653. The SMILES string of the molecule is Cc1c(O)ccc2c(CN[C@@H](C)c3ccc(S(C)(=O)=O)cc3)cc(=O)oc12. The summed E-state index contributed by atoms with van der Waals surface area (Å²) in [6, 6.07) is 11.4. The highest BCUT2D eigenvalue weighted by Crippen LogP contribution is 2.27. The smallest absolute Gasteiger partial charge is 0.336 e. The lowest BCUT2D eigenvalue weighted by molar-refractivity contribution is 0.468. The summed E-state index contributed by atoms with van der Waals surface area (Å²) in [7, 11) is -3.22. The molecular formula is C20H21NO5S. The van der Waals surface area contributed by atoms with E-state index in [1.165, 1.54) is 12.3 Å². The van der Waals surface area contributed by atoms with Crippen LogP contribution in [-0.2, 0) is 16.4 Å². The molecule has 2 N–H and O–H groups in total. The van der Waals surface area contributed by atoms with Gasteiger partial charge in [-0.15, -0.1) is 0 Å². The molecule has 1 heterocycles. The predicted octanol–water partition coefficient (Wildman–Crippen LogP) is 3.06. The van der Waals surface area contributed by atoms with Crippen molar-refractivity contribution in [2.75, 3.05) is 6.26 Å². The maximum Gasteiger partial charge on any atom is 0.336 e. The summed E-state index contributed by atoms with van der Waals surface area (Å²) in [6.45, 7) is 4.07. The summed E-state index contributed by atoms with van der Waals surface area (Å²) in [5.74, 6) is 0.0788. The fraction of sp³-hybridized carbons (Fsp3) is 0.250. The Bertz CT molecular complexity index is 1150. The topological polar surface area (TPSA) is 96.6 Å². The Morgan fingerprint density at radius 3 is 2.44 bits per heavy atom. The largest absolute Gasteiger partial charge is 0.508 e. The fourth-order valence-electron chi connectivity index (χ4n) is 2.95. The van der Waals surface area contributed by atoms with Gasteiger partial charge in [0.1, 0.15) is 11.3 Å². The Morgan fingerprint density at radius 1 is 1.15 bits per heavy atom. The second kappa shape index (κ2) is 7.17. The molecule has 3 rings (SSSR count). The van der Waals surface area contributed by atoms with Crippen LogP contribution in [-0.4, -0.2) is 19.8 Å². The number of rotatable bonds is 5. The zero-order valence-corrected chi connectivity index (χ0v) is 16.1. The van der Waals surface area contributed by atoms with Gasteiger partial charge in [0, 0.05) is 35.9 Å². The number of hydrogen-bond acceptors (Lipinski definition) is 6. The monoisotopic (exact) mass is 387 g/mol. The molecule has 2 aromatic carbocycles. The van der Waals surface area contributed by atoms with Crippen LogP contribution in [0, 0.1) is 6.92 Å². The summed E-state index contributed by atoms with van der Waals surface area (Å²) in [6.07, 6.45) is 1.18. The predicted molar refractivity (Wildman–Crippen MR) is 104 cm³/mol. The first kappa shape index (κ1) is 19.1. The third kappa shape index (κ3) is 4.04. The van der Waals surface area contributed by atoms with Gasteiger partial charge in [0.15, 0.2) is 9.84 Å². The third-order valence-electron chi connectivity index (χ3n) is 4.62. The first-order chi connectivity index (χ1) is 12.7. The van der Waals surface area contributed by atoms with Gasteiger partial charge in [0.2, 0.25) is 0 Å².